The minimum Gasteiger partial charge on any atom is -0.468 e. The summed E-state index contributed by atoms with van der Waals surface area (Å²) in [5.74, 6) is -0.515. The molecule has 0 saturated heterocycles. The standard InChI is InChI=1S/C11H12BrNO4/c1-11(2,10(14)17-3)8-6-7(12)4-5-9(8)13(15)16/h4-6H,1-3H3. The van der Waals surface area contributed by atoms with E-state index in [2.05, 4.69) is 20.7 Å². The van der Waals surface area contributed by atoms with Crippen LogP contribution in [0, 0.1) is 10.1 Å². The average Bonchev–Trinajstić information content (AvgIpc) is 2.27. The van der Waals surface area contributed by atoms with Crippen molar-refractivity contribution in [2.24, 2.45) is 0 Å². The molecule has 0 heterocycles. The van der Waals surface area contributed by atoms with Gasteiger partial charge in [0.2, 0.25) is 0 Å². The summed E-state index contributed by atoms with van der Waals surface area (Å²) in [5, 5.41) is 10.9. The fourth-order valence-electron chi connectivity index (χ4n) is 1.53. The molecule has 0 amide bonds. The molecule has 0 fully saturated rings. The number of rotatable bonds is 3. The highest BCUT2D eigenvalue weighted by molar-refractivity contribution is 9.10. The van der Waals surface area contributed by atoms with Crippen molar-refractivity contribution in [2.75, 3.05) is 7.11 Å². The second-order valence-electron chi connectivity index (χ2n) is 4.04. The molecular weight excluding hydrogens is 290 g/mol. The van der Waals surface area contributed by atoms with Crippen LogP contribution >= 0.6 is 15.9 Å². The predicted molar refractivity (Wildman–Crippen MR) is 65.8 cm³/mol. The van der Waals surface area contributed by atoms with Crippen molar-refractivity contribution in [3.8, 4) is 0 Å². The fraction of sp³-hybridized carbons (Fsp3) is 0.364. The summed E-state index contributed by atoms with van der Waals surface area (Å²) in [4.78, 5) is 22.1. The van der Waals surface area contributed by atoms with Crippen molar-refractivity contribution in [2.45, 2.75) is 19.3 Å². The van der Waals surface area contributed by atoms with E-state index in [-0.39, 0.29) is 5.69 Å². The van der Waals surface area contributed by atoms with Gasteiger partial charge in [0.05, 0.1) is 17.4 Å². The highest BCUT2D eigenvalue weighted by Crippen LogP contribution is 2.34. The van der Waals surface area contributed by atoms with Gasteiger partial charge in [-0.3, -0.25) is 14.9 Å². The molecule has 0 unspecified atom stereocenters. The van der Waals surface area contributed by atoms with E-state index in [1.807, 2.05) is 0 Å². The average molecular weight is 302 g/mol. The third-order valence-corrected chi connectivity index (χ3v) is 3.02. The summed E-state index contributed by atoms with van der Waals surface area (Å²) in [5.41, 5.74) is -0.840. The first-order valence-electron chi connectivity index (χ1n) is 4.83. The van der Waals surface area contributed by atoms with Crippen LogP contribution in [0.3, 0.4) is 0 Å². The van der Waals surface area contributed by atoms with Crippen LogP contribution in [-0.4, -0.2) is 18.0 Å². The van der Waals surface area contributed by atoms with Gasteiger partial charge in [-0.05, 0) is 26.0 Å². The first kappa shape index (κ1) is 13.6. The third kappa shape index (κ3) is 2.63. The van der Waals surface area contributed by atoms with E-state index in [0.717, 1.165) is 0 Å². The smallest absolute Gasteiger partial charge is 0.315 e. The van der Waals surface area contributed by atoms with E-state index < -0.39 is 16.3 Å². The van der Waals surface area contributed by atoms with Gasteiger partial charge in [0.15, 0.2) is 0 Å². The normalized spacial score (nSPS) is 11.1. The Morgan fingerprint density at radius 1 is 1.47 bits per heavy atom. The molecule has 0 N–H and O–H groups in total. The van der Waals surface area contributed by atoms with E-state index in [9.17, 15) is 14.9 Å². The number of carbonyl (C=O) groups is 1. The van der Waals surface area contributed by atoms with E-state index in [1.165, 1.54) is 13.2 Å². The summed E-state index contributed by atoms with van der Waals surface area (Å²) in [6.45, 7) is 3.18. The summed E-state index contributed by atoms with van der Waals surface area (Å²) < 4.78 is 5.34. The van der Waals surface area contributed by atoms with Crippen LogP contribution in [0.2, 0.25) is 0 Å². The molecule has 0 radical (unpaired) electrons. The van der Waals surface area contributed by atoms with Gasteiger partial charge in [0.1, 0.15) is 0 Å². The zero-order chi connectivity index (χ0) is 13.2. The zero-order valence-electron chi connectivity index (χ0n) is 9.69. The fourth-order valence-corrected chi connectivity index (χ4v) is 1.89. The highest BCUT2D eigenvalue weighted by atomic mass is 79.9. The number of hydrogen-bond acceptors (Lipinski definition) is 4. The van der Waals surface area contributed by atoms with Crippen molar-refractivity contribution < 1.29 is 14.5 Å². The van der Waals surface area contributed by atoms with E-state index in [0.29, 0.717) is 10.0 Å². The van der Waals surface area contributed by atoms with Gasteiger partial charge in [-0.15, -0.1) is 0 Å². The number of nitro benzene ring substituents is 1. The van der Waals surface area contributed by atoms with E-state index >= 15 is 0 Å². The van der Waals surface area contributed by atoms with Gasteiger partial charge < -0.3 is 4.74 Å². The molecule has 0 aliphatic carbocycles. The minimum atomic E-state index is -1.07. The number of benzene rings is 1. The van der Waals surface area contributed by atoms with Gasteiger partial charge in [-0.25, -0.2) is 0 Å². The Labute approximate surface area is 107 Å². The maximum atomic E-state index is 11.7. The molecule has 0 bridgehead atoms. The summed E-state index contributed by atoms with van der Waals surface area (Å²) in [6, 6.07) is 4.49. The lowest BCUT2D eigenvalue weighted by molar-refractivity contribution is -0.386. The molecule has 0 aromatic heterocycles. The zero-order valence-corrected chi connectivity index (χ0v) is 11.3. The third-order valence-electron chi connectivity index (χ3n) is 2.52. The number of methoxy groups -OCH3 is 1. The molecule has 0 aliphatic heterocycles. The molecule has 92 valence electrons. The lowest BCUT2D eigenvalue weighted by Crippen LogP contribution is -2.31. The van der Waals surface area contributed by atoms with Crippen LogP contribution in [0.15, 0.2) is 22.7 Å². The number of nitrogens with zero attached hydrogens (tertiary/aromatic N) is 1. The van der Waals surface area contributed by atoms with Crippen LogP contribution in [0.5, 0.6) is 0 Å². The van der Waals surface area contributed by atoms with Crippen LogP contribution in [0.1, 0.15) is 19.4 Å². The number of carbonyl (C=O) groups excluding carboxylic acids is 1. The Balaban J connectivity index is 3.42. The quantitative estimate of drug-likeness (QED) is 0.489. The Kier molecular flexibility index (Phi) is 3.87. The summed E-state index contributed by atoms with van der Waals surface area (Å²) in [6.07, 6.45) is 0. The van der Waals surface area contributed by atoms with Crippen LogP contribution in [0.4, 0.5) is 5.69 Å². The molecule has 1 rings (SSSR count). The van der Waals surface area contributed by atoms with Crippen molar-refractivity contribution >= 4 is 27.6 Å². The van der Waals surface area contributed by atoms with Gasteiger partial charge in [0, 0.05) is 16.1 Å². The van der Waals surface area contributed by atoms with Gasteiger partial charge >= 0.3 is 5.97 Å². The van der Waals surface area contributed by atoms with Gasteiger partial charge in [-0.2, -0.15) is 0 Å². The molecule has 0 aliphatic rings. The van der Waals surface area contributed by atoms with Crippen molar-refractivity contribution in [1.29, 1.82) is 0 Å². The predicted octanol–water partition coefficient (Wildman–Crippen LogP) is 2.81. The number of nitro groups is 1. The molecule has 6 heteroatoms. The maximum Gasteiger partial charge on any atom is 0.315 e. The maximum absolute atomic E-state index is 11.7. The van der Waals surface area contributed by atoms with Crippen LogP contribution in [0.25, 0.3) is 0 Å². The Morgan fingerprint density at radius 3 is 2.53 bits per heavy atom. The van der Waals surface area contributed by atoms with Crippen LogP contribution < -0.4 is 0 Å². The molecule has 1 aromatic rings. The molecule has 5 nitrogen and oxygen atoms in total. The second kappa shape index (κ2) is 4.83. The van der Waals surface area contributed by atoms with Gasteiger partial charge in [0.25, 0.3) is 5.69 Å². The van der Waals surface area contributed by atoms with Crippen LogP contribution in [-0.2, 0) is 14.9 Å². The molecule has 1 aromatic carbocycles. The summed E-state index contributed by atoms with van der Waals surface area (Å²) >= 11 is 3.23. The van der Waals surface area contributed by atoms with Crippen molar-refractivity contribution in [1.82, 2.24) is 0 Å². The first-order valence-corrected chi connectivity index (χ1v) is 5.63. The Bertz CT molecular complexity index is 471. The molecule has 0 atom stereocenters. The molecule has 0 spiro atoms. The summed E-state index contributed by atoms with van der Waals surface area (Å²) in [7, 11) is 1.26. The lowest BCUT2D eigenvalue weighted by atomic mass is 9.83. The Hall–Kier alpha value is -1.43. The molecule has 0 saturated carbocycles. The SMILES string of the molecule is COC(=O)C(C)(C)c1cc(Br)ccc1[N+](=O)[O-]. The number of hydrogen-bond donors (Lipinski definition) is 0. The monoisotopic (exact) mass is 301 g/mol. The van der Waals surface area contributed by atoms with Gasteiger partial charge in [-0.1, -0.05) is 15.9 Å². The largest absolute Gasteiger partial charge is 0.468 e. The van der Waals surface area contributed by atoms with Crippen molar-refractivity contribution in [3.05, 3.63) is 38.3 Å². The number of ether oxygens (including phenoxy) is 1. The second-order valence-corrected chi connectivity index (χ2v) is 4.95. The number of esters is 1. The number of halogens is 1. The first-order chi connectivity index (χ1) is 7.80. The van der Waals surface area contributed by atoms with Crippen molar-refractivity contribution in [3.63, 3.8) is 0 Å². The van der Waals surface area contributed by atoms with E-state index in [4.69, 9.17) is 0 Å². The van der Waals surface area contributed by atoms with E-state index in [1.54, 1.807) is 26.0 Å². The molecule has 17 heavy (non-hydrogen) atoms. The topological polar surface area (TPSA) is 69.4 Å². The lowest BCUT2D eigenvalue weighted by Gasteiger charge is -2.21. The minimum absolute atomic E-state index is 0.0939. The highest BCUT2D eigenvalue weighted by Gasteiger charge is 2.36. The Morgan fingerprint density at radius 2 is 2.06 bits per heavy atom. The molecular formula is C11H12BrNO4.